The number of carbonyl (C=O) groups is 3. The predicted molar refractivity (Wildman–Crippen MR) is 95.7 cm³/mol. The molecule has 154 valence electrons. The Kier molecular flexibility index (Phi) is 3.73. The number of carboxylic acid groups (broad SMARTS) is 1. The maximum Gasteiger partial charge on any atom is 0.362 e. The van der Waals surface area contributed by atoms with Crippen LogP contribution in [0.15, 0.2) is 10.5 Å². The first-order valence-corrected chi connectivity index (χ1v) is 9.36. The Hall–Kier alpha value is -2.78. The summed E-state index contributed by atoms with van der Waals surface area (Å²) in [6.07, 6.45) is 0. The quantitative estimate of drug-likeness (QED) is 0.173. The van der Waals surface area contributed by atoms with Crippen molar-refractivity contribution in [2.24, 2.45) is 5.16 Å². The van der Waals surface area contributed by atoms with Gasteiger partial charge in [0.15, 0.2) is 10.8 Å². The molecule has 0 aliphatic carbocycles. The van der Waals surface area contributed by atoms with Crippen LogP contribution >= 0.6 is 11.3 Å². The van der Waals surface area contributed by atoms with Gasteiger partial charge in [-0.1, -0.05) is 5.16 Å². The van der Waals surface area contributed by atoms with E-state index in [2.05, 4.69) is 15.0 Å². The number of rotatable bonds is 7. The second-order valence-electron chi connectivity index (χ2n) is 5.39. The molecule has 0 spiro atoms. The lowest BCUT2D eigenvalue weighted by Crippen LogP contribution is -2.71. The van der Waals surface area contributed by atoms with Crippen molar-refractivity contribution in [3.8, 4) is 0 Å². The Morgan fingerprint density at radius 3 is 2.61 bits per heavy atom. The molecule has 1 aliphatic heterocycles. The molecule has 2 amide bonds. The van der Waals surface area contributed by atoms with Gasteiger partial charge in [-0.05, 0) is 20.6 Å². The molecule has 0 bridgehead atoms. The number of nitrogens with one attached hydrogen (secondary N) is 1. The molecule has 0 aromatic carbocycles. The van der Waals surface area contributed by atoms with Crippen molar-refractivity contribution in [2.75, 3.05) is 5.73 Å². The highest BCUT2D eigenvalue weighted by atomic mass is 32.2. The normalized spacial score (nSPS) is 24.6. The third kappa shape index (κ3) is 4.20. The number of carboxylic acids is 1. The fourth-order valence-corrected chi connectivity index (χ4v) is 3.50. The molecule has 0 saturated carbocycles. The fourth-order valence-electron chi connectivity index (χ4n) is 2.07. The van der Waals surface area contributed by atoms with Crippen LogP contribution in [0.2, 0.25) is 0 Å². The number of nitrogens with zero attached hydrogens (tertiary/aromatic N) is 3. The van der Waals surface area contributed by atoms with Crippen molar-refractivity contribution in [1.29, 1.82) is 0 Å². The zero-order valence-electron chi connectivity index (χ0n) is 19.8. The van der Waals surface area contributed by atoms with Gasteiger partial charge in [0.25, 0.3) is 11.8 Å². The van der Waals surface area contributed by atoms with E-state index in [0.717, 1.165) is 23.6 Å². The number of hydrogen-bond donors (Lipinski definition) is 4. The van der Waals surface area contributed by atoms with Gasteiger partial charge < -0.3 is 21.0 Å². The molecule has 1 aromatic rings. The Labute approximate surface area is 171 Å². The number of hydrogen-bond acceptors (Lipinski definition) is 10. The van der Waals surface area contributed by atoms with Crippen LogP contribution in [0.3, 0.4) is 0 Å². The van der Waals surface area contributed by atoms with Gasteiger partial charge in [0.1, 0.15) is 11.7 Å². The number of carbonyl (C=O) groups excluding carboxylic acids is 2. The molecule has 2 heterocycles. The highest BCUT2D eigenvalue weighted by molar-refractivity contribution is 7.84. The van der Waals surface area contributed by atoms with Gasteiger partial charge in [-0.2, -0.15) is 8.42 Å². The lowest BCUT2D eigenvalue weighted by atomic mass is 10.0. The minimum Gasteiger partial charge on any atom is -0.478 e. The van der Waals surface area contributed by atoms with Crippen molar-refractivity contribution in [2.45, 2.75) is 38.3 Å². The van der Waals surface area contributed by atoms with E-state index in [1.807, 2.05) is 5.32 Å². The summed E-state index contributed by atoms with van der Waals surface area (Å²) in [5.41, 5.74) is 0.228. The predicted octanol–water partition coefficient (Wildman–Crippen LogP) is -1.17. The number of anilines is 1. The largest absolute Gasteiger partial charge is 0.478 e. The fraction of sp³-hybridized carbons (Fsp3) is 0.462. The molecule has 5 N–H and O–H groups in total. The first kappa shape index (κ1) is 14.3. The van der Waals surface area contributed by atoms with Gasteiger partial charge in [-0.3, -0.25) is 14.1 Å². The van der Waals surface area contributed by atoms with Crippen molar-refractivity contribution in [3.05, 3.63) is 11.1 Å². The van der Waals surface area contributed by atoms with Crippen LogP contribution in [0, 0.1) is 0 Å². The Morgan fingerprint density at radius 1 is 1.54 bits per heavy atom. The summed E-state index contributed by atoms with van der Waals surface area (Å²) in [6, 6.07) is -2.76. The first-order valence-electron chi connectivity index (χ1n) is 10.1. The zero-order chi connectivity index (χ0) is 26.4. The second-order valence-corrected chi connectivity index (χ2v) is 7.57. The molecule has 15 heteroatoms. The number of nitrogens with two attached hydrogens (primary N) is 1. The molecule has 13 nitrogen and oxygen atoms in total. The van der Waals surface area contributed by atoms with Crippen LogP contribution in [0.1, 0.15) is 34.5 Å². The summed E-state index contributed by atoms with van der Waals surface area (Å²) in [5, 5.41) is 15.6. The maximum atomic E-state index is 12.8. The lowest BCUT2D eigenvalue weighted by Gasteiger charge is -2.42. The van der Waals surface area contributed by atoms with E-state index in [-0.39, 0.29) is 9.44 Å². The first-order chi connectivity index (χ1) is 15.3. The molecule has 0 unspecified atom stereocenters. The Morgan fingerprint density at radius 2 is 2.18 bits per heavy atom. The topological polar surface area (TPSA) is 202 Å². The maximum absolute atomic E-state index is 12.8. The summed E-state index contributed by atoms with van der Waals surface area (Å²) in [7, 11) is -4.91. The van der Waals surface area contributed by atoms with E-state index >= 15 is 0 Å². The third-order valence-corrected chi connectivity index (χ3v) is 5.11. The molecule has 1 aliphatic rings. The Balaban J connectivity index is 2.49. The standard InChI is InChI=1S/C13H17N5O8S2/c1-5-7(10(20)18(5)28(23,24)25)16-9(19)8(6-4-27-12(14)15-6)17-26-13(2,3)11(21)22/h4-5,7H,1-3H3,(H2,14,15)(H,16,19)(H,21,22)(H,23,24,25)/b17-8-/t5-,7-/m0/s1/i2D3,3D3. The van der Waals surface area contributed by atoms with E-state index in [0.29, 0.717) is 0 Å². The number of thiazole rings is 1. The van der Waals surface area contributed by atoms with E-state index in [1.54, 1.807) is 0 Å². The van der Waals surface area contributed by atoms with Gasteiger partial charge >= 0.3 is 16.3 Å². The summed E-state index contributed by atoms with van der Waals surface area (Å²) in [6.45, 7) is -6.44. The smallest absolute Gasteiger partial charge is 0.362 e. The van der Waals surface area contributed by atoms with E-state index in [4.69, 9.17) is 18.5 Å². The van der Waals surface area contributed by atoms with Crippen LogP contribution in [-0.4, -0.2) is 68.5 Å². The van der Waals surface area contributed by atoms with Crippen molar-refractivity contribution in [3.63, 3.8) is 0 Å². The third-order valence-electron chi connectivity index (χ3n) is 3.43. The Bertz CT molecular complexity index is 1130. The van der Waals surface area contributed by atoms with E-state index in [1.165, 1.54) is 0 Å². The number of aliphatic carboxylic acids is 1. The van der Waals surface area contributed by atoms with E-state index < -0.39 is 70.9 Å². The summed E-state index contributed by atoms with van der Waals surface area (Å²) >= 11 is 0.769. The zero-order valence-corrected chi connectivity index (χ0v) is 15.4. The van der Waals surface area contributed by atoms with Crippen LogP contribution in [0.5, 0.6) is 0 Å². The number of aromatic nitrogens is 1. The number of nitrogen functional groups attached to an aromatic ring is 1. The average Bonchev–Trinajstić information content (AvgIpc) is 3.05. The van der Waals surface area contributed by atoms with Crippen LogP contribution in [-0.2, 0) is 29.5 Å². The highest BCUT2D eigenvalue weighted by Gasteiger charge is 2.51. The van der Waals surface area contributed by atoms with Gasteiger partial charge in [0.2, 0.25) is 5.60 Å². The molecular formula is C13H17N5O8S2. The van der Waals surface area contributed by atoms with Crippen molar-refractivity contribution < 1.29 is 45.5 Å². The number of oxime groups is 1. The molecule has 1 aromatic heterocycles. The summed E-state index contributed by atoms with van der Waals surface area (Å²) < 4.78 is 75.9. The van der Waals surface area contributed by atoms with E-state index in [9.17, 15) is 27.9 Å². The molecule has 2 rings (SSSR count). The second kappa shape index (κ2) is 7.33. The van der Waals surface area contributed by atoms with Crippen LogP contribution in [0.25, 0.3) is 0 Å². The minimum absolute atomic E-state index is 0.0742. The number of β-lactam (4-membered cyclic amide) rings is 1. The highest BCUT2D eigenvalue weighted by Crippen LogP contribution is 2.23. The molecule has 28 heavy (non-hydrogen) atoms. The van der Waals surface area contributed by atoms with Gasteiger partial charge in [-0.15, -0.1) is 11.3 Å². The van der Waals surface area contributed by atoms with Crippen LogP contribution < -0.4 is 11.1 Å². The van der Waals surface area contributed by atoms with Gasteiger partial charge in [0, 0.05) is 13.6 Å². The van der Waals surface area contributed by atoms with Crippen molar-refractivity contribution in [1.82, 2.24) is 14.6 Å². The number of amides is 2. The average molecular weight is 441 g/mol. The minimum atomic E-state index is -4.91. The monoisotopic (exact) mass is 441 g/mol. The molecule has 1 fully saturated rings. The molecule has 1 saturated heterocycles. The lowest BCUT2D eigenvalue weighted by molar-refractivity contribution is -0.161. The molecular weight excluding hydrogens is 418 g/mol. The van der Waals surface area contributed by atoms with Gasteiger partial charge in [-0.25, -0.2) is 14.1 Å². The summed E-state index contributed by atoms with van der Waals surface area (Å²) in [5.74, 6) is -5.01. The van der Waals surface area contributed by atoms with Crippen molar-refractivity contribution >= 4 is 50.3 Å². The SMILES string of the molecule is [2H]C([2H])([2H])C(O/N=C(\C(=O)N[C@@H]1C(=O)N(S(=O)(=O)O)[C@H]1C)c1csc(N)n1)(C(=O)O)C([2H])([2H])[2H]. The van der Waals surface area contributed by atoms with Crippen LogP contribution in [0.4, 0.5) is 5.13 Å². The summed E-state index contributed by atoms with van der Waals surface area (Å²) in [4.78, 5) is 44.8. The molecule has 0 radical (unpaired) electrons. The molecule has 2 atom stereocenters. The van der Waals surface area contributed by atoms with Gasteiger partial charge in [0.05, 0.1) is 6.04 Å².